The van der Waals surface area contributed by atoms with Crippen LogP contribution in [0.25, 0.3) is 0 Å². The highest BCUT2D eigenvalue weighted by Gasteiger charge is 2.42. The lowest BCUT2D eigenvalue weighted by Gasteiger charge is -2.42. The molecule has 0 saturated carbocycles. The van der Waals surface area contributed by atoms with Crippen LogP contribution in [0.3, 0.4) is 0 Å². The summed E-state index contributed by atoms with van der Waals surface area (Å²) in [4.78, 5) is 0. The molecule has 0 heterocycles. The molecular formula is C47H96O10. The second-order valence-electron chi connectivity index (χ2n) is 24.7. The van der Waals surface area contributed by atoms with Crippen molar-refractivity contribution in [1.82, 2.24) is 0 Å². The van der Waals surface area contributed by atoms with Crippen LogP contribution in [0.15, 0.2) is 0 Å². The van der Waals surface area contributed by atoms with E-state index in [1.54, 1.807) is 0 Å². The Balaban J connectivity index is 7.11. The van der Waals surface area contributed by atoms with Crippen molar-refractivity contribution < 1.29 is 47.4 Å². The summed E-state index contributed by atoms with van der Waals surface area (Å²) in [5.74, 6) is 0. The van der Waals surface area contributed by atoms with E-state index in [-0.39, 0.29) is 33.6 Å². The molecule has 0 aromatic heterocycles. The van der Waals surface area contributed by atoms with E-state index in [2.05, 4.69) is 166 Å². The Kier molecular flexibility index (Phi) is 21.4. The third-order valence-electron chi connectivity index (χ3n) is 8.12. The third kappa shape index (κ3) is 31.2. The highest BCUT2D eigenvalue weighted by atomic mass is 16.6. The predicted octanol–water partition coefficient (Wildman–Crippen LogP) is 10.5. The zero-order chi connectivity index (χ0) is 45.1. The van der Waals surface area contributed by atoms with E-state index in [0.717, 1.165) is 0 Å². The Morgan fingerprint density at radius 2 is 0.281 bits per heavy atom. The Hall–Kier alpha value is -0.400. The second kappa shape index (κ2) is 21.6. The fourth-order valence-corrected chi connectivity index (χ4v) is 4.67. The molecule has 0 atom stereocenters. The molecule has 344 valence electrons. The average molecular weight is 821 g/mol. The monoisotopic (exact) mass is 821 g/mol. The molecule has 0 unspecified atom stereocenters. The maximum atomic E-state index is 6.90. The minimum absolute atomic E-state index is 0.296. The van der Waals surface area contributed by atoms with Crippen LogP contribution in [0.5, 0.6) is 0 Å². The smallest absolute Gasteiger partial charge is 0.0638 e. The van der Waals surface area contributed by atoms with Gasteiger partial charge in [0.15, 0.2) is 0 Å². The summed E-state index contributed by atoms with van der Waals surface area (Å²) in [6, 6.07) is 0. The van der Waals surface area contributed by atoms with Gasteiger partial charge in [0.1, 0.15) is 0 Å². The number of ether oxygens (including phenoxy) is 10. The Labute approximate surface area is 353 Å². The van der Waals surface area contributed by atoms with Gasteiger partial charge in [0, 0.05) is 0 Å². The number of hydrogen-bond donors (Lipinski definition) is 0. The van der Waals surface area contributed by atoms with Crippen molar-refractivity contribution in [2.75, 3.05) is 79.3 Å². The maximum absolute atomic E-state index is 6.90. The normalized spacial score (nSPS) is 15.2. The molecule has 10 heteroatoms. The second-order valence-corrected chi connectivity index (χ2v) is 24.7. The van der Waals surface area contributed by atoms with Gasteiger partial charge >= 0.3 is 0 Å². The quantitative estimate of drug-likeness (QED) is 0.0937. The zero-order valence-corrected chi connectivity index (χ0v) is 42.1. The van der Waals surface area contributed by atoms with Crippen LogP contribution in [0.4, 0.5) is 0 Å². The first-order valence-electron chi connectivity index (χ1n) is 21.3. The van der Waals surface area contributed by atoms with Crippen molar-refractivity contribution in [2.45, 2.75) is 211 Å². The number of rotatable bonds is 24. The van der Waals surface area contributed by atoms with Crippen molar-refractivity contribution >= 4 is 0 Å². The van der Waals surface area contributed by atoms with Crippen LogP contribution in [0.1, 0.15) is 166 Å². The fraction of sp³-hybridized carbons (Fsp3) is 1.00. The minimum atomic E-state index is -0.695. The van der Waals surface area contributed by atoms with E-state index in [0.29, 0.717) is 79.3 Å². The summed E-state index contributed by atoms with van der Waals surface area (Å²) in [6.45, 7) is 53.8. The van der Waals surface area contributed by atoms with Crippen LogP contribution >= 0.6 is 0 Å². The Morgan fingerprint density at radius 1 is 0.175 bits per heavy atom. The number of hydrogen-bond acceptors (Lipinski definition) is 10. The first-order valence-corrected chi connectivity index (χ1v) is 21.3. The molecule has 0 aliphatic carbocycles. The molecule has 0 amide bonds. The Bertz CT molecular complexity index is 914. The van der Waals surface area contributed by atoms with Gasteiger partial charge in [-0.15, -0.1) is 0 Å². The molecule has 57 heavy (non-hydrogen) atoms. The van der Waals surface area contributed by atoms with Gasteiger partial charge in [-0.25, -0.2) is 0 Å². The largest absolute Gasteiger partial charge is 0.380 e. The highest BCUT2D eigenvalue weighted by molar-refractivity contribution is 4.88. The van der Waals surface area contributed by atoms with Gasteiger partial charge in [-0.05, 0) is 166 Å². The summed E-state index contributed by atoms with van der Waals surface area (Å²) in [5, 5.41) is 0. The van der Waals surface area contributed by atoms with Crippen LogP contribution in [-0.2, 0) is 47.4 Å². The first kappa shape index (κ1) is 56.6. The summed E-state index contributed by atoms with van der Waals surface area (Å²) in [6.07, 6.45) is 0. The maximum Gasteiger partial charge on any atom is 0.0638 e. The van der Waals surface area contributed by atoms with E-state index in [4.69, 9.17) is 47.4 Å². The molecule has 10 nitrogen and oxygen atoms in total. The fourth-order valence-electron chi connectivity index (χ4n) is 4.67. The third-order valence-corrected chi connectivity index (χ3v) is 8.12. The van der Waals surface area contributed by atoms with Crippen molar-refractivity contribution in [1.29, 1.82) is 0 Å². The highest BCUT2D eigenvalue weighted by Crippen LogP contribution is 2.33. The van der Waals surface area contributed by atoms with Gasteiger partial charge in [0.05, 0.1) is 140 Å². The van der Waals surface area contributed by atoms with Gasteiger partial charge in [-0.3, -0.25) is 0 Å². The summed E-state index contributed by atoms with van der Waals surface area (Å²) < 4.78 is 65.9. The van der Waals surface area contributed by atoms with Gasteiger partial charge in [0.2, 0.25) is 0 Å². The predicted molar refractivity (Wildman–Crippen MR) is 235 cm³/mol. The van der Waals surface area contributed by atoms with E-state index >= 15 is 0 Å². The van der Waals surface area contributed by atoms with E-state index in [1.807, 2.05) is 0 Å². The van der Waals surface area contributed by atoms with Crippen molar-refractivity contribution in [3.63, 3.8) is 0 Å². The van der Waals surface area contributed by atoms with Crippen LogP contribution in [0.2, 0.25) is 0 Å². The average Bonchev–Trinajstić information content (AvgIpc) is 2.97. The van der Waals surface area contributed by atoms with E-state index in [9.17, 15) is 0 Å². The van der Waals surface area contributed by atoms with Crippen molar-refractivity contribution in [3.05, 3.63) is 0 Å². The molecule has 0 aromatic rings. The molecule has 0 rings (SSSR count). The van der Waals surface area contributed by atoms with Gasteiger partial charge in [0.25, 0.3) is 0 Å². The molecule has 0 aromatic carbocycles. The summed E-state index contributed by atoms with van der Waals surface area (Å²) >= 11 is 0. The lowest BCUT2D eigenvalue weighted by atomic mass is 9.88. The molecule has 0 saturated heterocycles. The summed E-state index contributed by atoms with van der Waals surface area (Å²) in [7, 11) is 0. The van der Waals surface area contributed by atoms with E-state index in [1.165, 1.54) is 0 Å². The minimum Gasteiger partial charge on any atom is -0.380 e. The molecule has 0 spiro atoms. The van der Waals surface area contributed by atoms with E-state index < -0.39 is 27.4 Å². The summed E-state index contributed by atoms with van der Waals surface area (Å²) in [5.41, 5.74) is -4.96. The molecule has 0 N–H and O–H groups in total. The topological polar surface area (TPSA) is 92.3 Å². The first-order chi connectivity index (χ1) is 25.1. The van der Waals surface area contributed by atoms with Gasteiger partial charge in [-0.1, -0.05) is 0 Å². The lowest BCUT2D eigenvalue weighted by molar-refractivity contribution is -0.197. The lowest BCUT2D eigenvalue weighted by Crippen LogP contribution is -2.50. The molecular weight excluding hydrogens is 725 g/mol. The van der Waals surface area contributed by atoms with Crippen LogP contribution in [-0.4, -0.2) is 124 Å². The standard InChI is InChI=1S/C47H96O10/c1-37(2,3)50-29-45(30-51-38(4,5)6,25-48-27-46(31-52-39(7,8)9,32-53-40(10,11)12)33-54-41(13,14)15)26-49-28-47(34-55-42(16,17)18,35-56-43(19,20)21)36-57-44(22,23)24/h25-36H2,1-24H3. The SMILES string of the molecule is CC(C)(C)OCC(COCC(COC(C)(C)C)(COC(C)(C)C)COC(C)(C)C)(COCC(COC(C)(C)C)(COC(C)(C)C)COC(C)(C)C)COC(C)(C)C. The van der Waals surface area contributed by atoms with Gasteiger partial charge < -0.3 is 47.4 Å². The molecule has 0 bridgehead atoms. The van der Waals surface area contributed by atoms with Crippen LogP contribution in [0, 0.1) is 16.2 Å². The zero-order valence-electron chi connectivity index (χ0n) is 42.1. The molecule has 0 aliphatic rings. The van der Waals surface area contributed by atoms with Crippen LogP contribution < -0.4 is 0 Å². The van der Waals surface area contributed by atoms with Gasteiger partial charge in [-0.2, -0.15) is 0 Å². The Morgan fingerprint density at radius 3 is 0.386 bits per heavy atom. The molecule has 0 fully saturated rings. The van der Waals surface area contributed by atoms with Crippen molar-refractivity contribution in [3.8, 4) is 0 Å². The molecule has 0 radical (unpaired) electrons. The molecule has 0 aliphatic heterocycles. The van der Waals surface area contributed by atoms with Crippen molar-refractivity contribution in [2.24, 2.45) is 16.2 Å².